The largest absolute Gasteiger partial charge is 0.361 e. The molecule has 1 amide bonds. The van der Waals surface area contributed by atoms with Gasteiger partial charge in [0.15, 0.2) is 0 Å². The second kappa shape index (κ2) is 4.97. The average molecular weight is 252 g/mol. The molecule has 0 atom stereocenters. The first-order valence-electron chi connectivity index (χ1n) is 4.97. The van der Waals surface area contributed by atoms with E-state index in [9.17, 15) is 4.79 Å². The van der Waals surface area contributed by atoms with Crippen LogP contribution in [0.3, 0.4) is 0 Å². The van der Waals surface area contributed by atoms with Gasteiger partial charge in [-0.2, -0.15) is 0 Å². The van der Waals surface area contributed by atoms with Gasteiger partial charge in [0.2, 0.25) is 0 Å². The third kappa shape index (κ3) is 3.04. The van der Waals surface area contributed by atoms with E-state index in [-0.39, 0.29) is 5.91 Å². The summed E-state index contributed by atoms with van der Waals surface area (Å²) in [5, 5.41) is 6.83. The molecule has 0 radical (unpaired) electrons. The predicted molar refractivity (Wildman–Crippen MR) is 61.7 cm³/mol. The summed E-state index contributed by atoms with van der Waals surface area (Å²) in [5.74, 6) is 0.484. The Morgan fingerprint density at radius 1 is 1.53 bits per heavy atom. The summed E-state index contributed by atoms with van der Waals surface area (Å²) in [6, 6.07) is 4.94. The zero-order chi connectivity index (χ0) is 12.3. The highest BCUT2D eigenvalue weighted by Gasteiger charge is 2.07. The highest BCUT2D eigenvalue weighted by molar-refractivity contribution is 6.29. The Morgan fingerprint density at radius 3 is 2.94 bits per heavy atom. The predicted octanol–water partition coefficient (Wildman–Crippen LogP) is 1.96. The smallest absolute Gasteiger partial charge is 0.253 e. The van der Waals surface area contributed by atoms with Crippen LogP contribution < -0.4 is 5.32 Å². The molecule has 0 aliphatic heterocycles. The molecule has 2 heterocycles. The highest BCUT2D eigenvalue weighted by atomic mass is 35.5. The van der Waals surface area contributed by atoms with Crippen molar-refractivity contribution in [2.45, 2.75) is 13.5 Å². The van der Waals surface area contributed by atoms with Crippen LogP contribution in [0.25, 0.3) is 0 Å². The first-order valence-corrected chi connectivity index (χ1v) is 5.35. The van der Waals surface area contributed by atoms with Crippen molar-refractivity contribution in [3.63, 3.8) is 0 Å². The minimum Gasteiger partial charge on any atom is -0.361 e. The summed E-state index contributed by atoms with van der Waals surface area (Å²) in [7, 11) is 0. The third-order valence-electron chi connectivity index (χ3n) is 2.10. The van der Waals surface area contributed by atoms with Gasteiger partial charge in [0.1, 0.15) is 16.6 Å². The fourth-order valence-corrected chi connectivity index (χ4v) is 1.40. The van der Waals surface area contributed by atoms with Crippen LogP contribution in [0.5, 0.6) is 0 Å². The van der Waals surface area contributed by atoms with Crippen LogP contribution in [0.15, 0.2) is 28.9 Å². The van der Waals surface area contributed by atoms with Crippen molar-refractivity contribution in [3.8, 4) is 0 Å². The fourth-order valence-electron chi connectivity index (χ4n) is 1.28. The van der Waals surface area contributed by atoms with Crippen LogP contribution in [-0.2, 0) is 6.54 Å². The molecule has 0 unspecified atom stereocenters. The lowest BCUT2D eigenvalue weighted by atomic mass is 10.2. The second-order valence-corrected chi connectivity index (χ2v) is 3.87. The molecule has 0 spiro atoms. The lowest BCUT2D eigenvalue weighted by Crippen LogP contribution is -2.23. The van der Waals surface area contributed by atoms with E-state index < -0.39 is 0 Å². The molecule has 17 heavy (non-hydrogen) atoms. The third-order valence-corrected chi connectivity index (χ3v) is 2.32. The van der Waals surface area contributed by atoms with Gasteiger partial charge in [-0.25, -0.2) is 4.98 Å². The molecule has 0 saturated carbocycles. The number of nitrogens with zero attached hydrogens (tertiary/aromatic N) is 2. The molecule has 2 aromatic heterocycles. The van der Waals surface area contributed by atoms with Gasteiger partial charge in [0.25, 0.3) is 5.91 Å². The lowest BCUT2D eigenvalue weighted by Gasteiger charge is -2.02. The maximum atomic E-state index is 11.7. The van der Waals surface area contributed by atoms with E-state index in [4.69, 9.17) is 16.1 Å². The molecule has 0 aliphatic rings. The van der Waals surface area contributed by atoms with Gasteiger partial charge in [-0.3, -0.25) is 4.79 Å². The Bertz CT molecular complexity index is 522. The summed E-state index contributed by atoms with van der Waals surface area (Å²) in [4.78, 5) is 15.5. The number of amides is 1. The number of carbonyl (C=O) groups is 1. The Labute approximate surface area is 103 Å². The number of hydrogen-bond acceptors (Lipinski definition) is 4. The van der Waals surface area contributed by atoms with Crippen LogP contribution in [0.1, 0.15) is 21.8 Å². The number of carbonyl (C=O) groups excluding carboxylic acids is 1. The molecule has 6 heteroatoms. The van der Waals surface area contributed by atoms with Gasteiger partial charge in [-0.05, 0) is 19.1 Å². The molecule has 0 saturated heterocycles. The number of aryl methyl sites for hydroxylation is 1. The van der Waals surface area contributed by atoms with Crippen LogP contribution in [0.2, 0.25) is 5.15 Å². The van der Waals surface area contributed by atoms with Gasteiger partial charge in [-0.15, -0.1) is 0 Å². The summed E-state index contributed by atoms with van der Waals surface area (Å²) < 4.78 is 4.89. The number of rotatable bonds is 3. The fraction of sp³-hybridized carbons (Fsp3) is 0.182. The molecular formula is C11H10ClN3O2. The Balaban J connectivity index is 1.95. The number of aromatic nitrogens is 2. The number of nitrogens with one attached hydrogen (secondary N) is 1. The summed E-state index contributed by atoms with van der Waals surface area (Å²) in [6.45, 7) is 2.11. The van der Waals surface area contributed by atoms with Crippen LogP contribution in [0, 0.1) is 6.92 Å². The van der Waals surface area contributed by atoms with E-state index >= 15 is 0 Å². The Morgan fingerprint density at radius 2 is 2.35 bits per heavy atom. The first kappa shape index (κ1) is 11.6. The zero-order valence-electron chi connectivity index (χ0n) is 9.11. The minimum absolute atomic E-state index is 0.227. The number of hydrogen-bond donors (Lipinski definition) is 1. The summed E-state index contributed by atoms with van der Waals surface area (Å²) in [6.07, 6.45) is 1.42. The van der Waals surface area contributed by atoms with Crippen molar-refractivity contribution >= 4 is 17.5 Å². The van der Waals surface area contributed by atoms with Crippen molar-refractivity contribution in [3.05, 3.63) is 46.6 Å². The molecule has 2 aromatic rings. The Hall–Kier alpha value is -1.88. The topological polar surface area (TPSA) is 68.0 Å². The number of pyridine rings is 1. The quantitative estimate of drug-likeness (QED) is 0.847. The maximum absolute atomic E-state index is 11.7. The summed E-state index contributed by atoms with van der Waals surface area (Å²) in [5.41, 5.74) is 1.13. The highest BCUT2D eigenvalue weighted by Crippen LogP contribution is 2.06. The molecule has 1 N–H and O–H groups in total. The van der Waals surface area contributed by atoms with E-state index in [0.29, 0.717) is 28.7 Å². The van der Waals surface area contributed by atoms with Gasteiger partial charge < -0.3 is 9.84 Å². The molecule has 0 bridgehead atoms. The van der Waals surface area contributed by atoms with Crippen molar-refractivity contribution in [2.24, 2.45) is 0 Å². The van der Waals surface area contributed by atoms with Crippen molar-refractivity contribution in [1.29, 1.82) is 0 Å². The van der Waals surface area contributed by atoms with Gasteiger partial charge in [0, 0.05) is 12.3 Å². The first-order chi connectivity index (χ1) is 8.15. The van der Waals surface area contributed by atoms with Crippen LogP contribution in [-0.4, -0.2) is 16.0 Å². The normalized spacial score (nSPS) is 10.2. The van der Waals surface area contributed by atoms with Gasteiger partial charge in [-0.1, -0.05) is 16.8 Å². The monoisotopic (exact) mass is 251 g/mol. The standard InChI is InChI=1S/C11H10ClN3O2/c1-7-4-9(15-17-7)6-14-11(16)8-2-3-10(12)13-5-8/h2-5H,6H2,1H3,(H,14,16). The number of halogens is 1. The van der Waals surface area contributed by atoms with Crippen LogP contribution in [0.4, 0.5) is 0 Å². The SMILES string of the molecule is Cc1cc(CNC(=O)c2ccc(Cl)nc2)no1. The van der Waals surface area contributed by atoms with E-state index in [2.05, 4.69) is 15.5 Å². The van der Waals surface area contributed by atoms with Gasteiger partial charge >= 0.3 is 0 Å². The molecule has 2 rings (SSSR count). The van der Waals surface area contributed by atoms with E-state index in [1.54, 1.807) is 25.1 Å². The summed E-state index contributed by atoms with van der Waals surface area (Å²) >= 11 is 5.63. The molecule has 5 nitrogen and oxygen atoms in total. The molecule has 0 aliphatic carbocycles. The maximum Gasteiger partial charge on any atom is 0.253 e. The van der Waals surface area contributed by atoms with Crippen molar-refractivity contribution in [1.82, 2.24) is 15.5 Å². The van der Waals surface area contributed by atoms with E-state index in [1.165, 1.54) is 6.20 Å². The molecular weight excluding hydrogens is 242 g/mol. The van der Waals surface area contributed by atoms with E-state index in [0.717, 1.165) is 0 Å². The average Bonchev–Trinajstić information content (AvgIpc) is 2.73. The minimum atomic E-state index is -0.227. The molecule has 88 valence electrons. The molecule has 0 fully saturated rings. The van der Waals surface area contributed by atoms with Crippen molar-refractivity contribution in [2.75, 3.05) is 0 Å². The Kier molecular flexibility index (Phi) is 3.39. The zero-order valence-corrected chi connectivity index (χ0v) is 9.86. The second-order valence-electron chi connectivity index (χ2n) is 3.48. The molecule has 0 aromatic carbocycles. The van der Waals surface area contributed by atoms with Gasteiger partial charge in [0.05, 0.1) is 12.1 Å². The van der Waals surface area contributed by atoms with E-state index in [1.807, 2.05) is 0 Å². The lowest BCUT2D eigenvalue weighted by molar-refractivity contribution is 0.0949. The van der Waals surface area contributed by atoms with Crippen LogP contribution >= 0.6 is 11.6 Å². The van der Waals surface area contributed by atoms with Crippen molar-refractivity contribution < 1.29 is 9.32 Å².